The molecule has 0 saturated heterocycles. The molecule has 0 fully saturated rings. The second-order valence-corrected chi connectivity index (χ2v) is 9.54. The Bertz CT molecular complexity index is 1380. The van der Waals surface area contributed by atoms with E-state index in [1.807, 2.05) is 24.3 Å². The van der Waals surface area contributed by atoms with E-state index in [-0.39, 0.29) is 28.2 Å². The highest BCUT2D eigenvalue weighted by Crippen LogP contribution is 2.36. The van der Waals surface area contributed by atoms with E-state index in [0.29, 0.717) is 33.8 Å². The number of halogens is 3. The number of hydrogen-bond donors (Lipinski definition) is 3. The molecule has 3 aromatic rings. The molecule has 0 aromatic heterocycles. The fourth-order valence-corrected chi connectivity index (χ4v) is 4.14. The number of nitrogens with zero attached hydrogens (tertiary/aromatic N) is 1. The zero-order valence-electron chi connectivity index (χ0n) is 21.0. The Labute approximate surface area is 244 Å². The number of aryl methyl sites for hydroxylation is 1. The normalized spacial score (nSPS) is 10.7. The van der Waals surface area contributed by atoms with Crippen LogP contribution in [0.25, 0.3) is 0 Å². The van der Waals surface area contributed by atoms with Crippen LogP contribution in [0.4, 0.5) is 11.4 Å². The van der Waals surface area contributed by atoms with E-state index in [0.717, 1.165) is 6.42 Å². The predicted molar refractivity (Wildman–Crippen MR) is 156 cm³/mol. The van der Waals surface area contributed by atoms with Gasteiger partial charge in [-0.05, 0) is 76.8 Å². The number of rotatable bonds is 10. The van der Waals surface area contributed by atoms with Crippen molar-refractivity contribution in [3.8, 4) is 11.5 Å². The molecule has 3 amide bonds. The van der Waals surface area contributed by atoms with Crippen molar-refractivity contribution in [1.82, 2.24) is 5.43 Å². The topological polar surface area (TPSA) is 118 Å². The monoisotopic (exact) mass is 634 g/mol. The zero-order valence-corrected chi connectivity index (χ0v) is 24.1. The van der Waals surface area contributed by atoms with Gasteiger partial charge in [0.25, 0.3) is 5.91 Å². The molecule has 3 rings (SSSR count). The zero-order chi connectivity index (χ0) is 28.4. The van der Waals surface area contributed by atoms with Gasteiger partial charge in [-0.25, -0.2) is 5.43 Å². The van der Waals surface area contributed by atoms with Gasteiger partial charge in [0, 0.05) is 5.69 Å². The van der Waals surface area contributed by atoms with Crippen LogP contribution in [0.1, 0.15) is 25.0 Å². The van der Waals surface area contributed by atoms with Gasteiger partial charge in [0.2, 0.25) is 0 Å². The molecule has 12 heteroatoms. The lowest BCUT2D eigenvalue weighted by Gasteiger charge is -2.14. The van der Waals surface area contributed by atoms with Gasteiger partial charge in [-0.1, -0.05) is 48.3 Å². The number of benzene rings is 3. The first-order valence-electron chi connectivity index (χ1n) is 11.8. The average Bonchev–Trinajstić information content (AvgIpc) is 2.91. The van der Waals surface area contributed by atoms with Crippen LogP contribution in [0.5, 0.6) is 11.5 Å². The Balaban J connectivity index is 1.61. The standard InChI is InChI=1S/C27H25BrCl2N4O5/c1-3-16-8-10-18(11-9-16)32-23(35)15-39-25-19(28)12-17(13-22(25)38-4-2)14-31-34-27(37)26(36)33-21-7-5-6-20(29)24(21)30/h5-14H,3-4,15H2,1-2H3,(H,32,35)(H,33,36)(H,34,37)/b31-14-. The van der Waals surface area contributed by atoms with Crippen LogP contribution in [0, 0.1) is 0 Å². The van der Waals surface area contributed by atoms with Crippen molar-refractivity contribution in [3.63, 3.8) is 0 Å². The third-order valence-electron chi connectivity index (χ3n) is 5.11. The van der Waals surface area contributed by atoms with Crippen molar-refractivity contribution < 1.29 is 23.9 Å². The number of hydrazone groups is 1. The summed E-state index contributed by atoms with van der Waals surface area (Å²) >= 11 is 15.4. The molecule has 39 heavy (non-hydrogen) atoms. The number of carbonyl (C=O) groups is 3. The Hall–Kier alpha value is -3.60. The van der Waals surface area contributed by atoms with Gasteiger partial charge in [-0.15, -0.1) is 0 Å². The van der Waals surface area contributed by atoms with E-state index >= 15 is 0 Å². The summed E-state index contributed by atoms with van der Waals surface area (Å²) in [6.45, 7) is 3.95. The molecular weight excluding hydrogens is 611 g/mol. The highest BCUT2D eigenvalue weighted by atomic mass is 79.9. The number of carbonyl (C=O) groups excluding carboxylic acids is 3. The molecule has 0 spiro atoms. The minimum atomic E-state index is -1.01. The summed E-state index contributed by atoms with van der Waals surface area (Å²) in [7, 11) is 0. The SMILES string of the molecule is CCOc1cc(/C=N\NC(=O)C(=O)Nc2cccc(Cl)c2Cl)cc(Br)c1OCC(=O)Nc1ccc(CC)cc1. The molecule has 0 radical (unpaired) electrons. The first-order chi connectivity index (χ1) is 18.7. The summed E-state index contributed by atoms with van der Waals surface area (Å²) in [5.74, 6) is -1.64. The minimum Gasteiger partial charge on any atom is -0.490 e. The van der Waals surface area contributed by atoms with E-state index in [4.69, 9.17) is 32.7 Å². The molecule has 3 N–H and O–H groups in total. The second kappa shape index (κ2) is 14.5. The van der Waals surface area contributed by atoms with Crippen molar-refractivity contribution in [2.24, 2.45) is 5.10 Å². The van der Waals surface area contributed by atoms with Crippen LogP contribution in [0.2, 0.25) is 10.0 Å². The third kappa shape index (κ3) is 8.71. The molecule has 0 atom stereocenters. The smallest absolute Gasteiger partial charge is 0.329 e. The summed E-state index contributed by atoms with van der Waals surface area (Å²) < 4.78 is 11.9. The van der Waals surface area contributed by atoms with Gasteiger partial charge in [0.1, 0.15) is 0 Å². The molecule has 0 unspecified atom stereocenters. The summed E-state index contributed by atoms with van der Waals surface area (Å²) in [5.41, 5.74) is 4.70. The van der Waals surface area contributed by atoms with Crippen LogP contribution < -0.4 is 25.5 Å². The summed E-state index contributed by atoms with van der Waals surface area (Å²) in [6.07, 6.45) is 2.23. The maximum Gasteiger partial charge on any atom is 0.329 e. The van der Waals surface area contributed by atoms with Gasteiger partial charge in [0.05, 0.1) is 33.0 Å². The lowest BCUT2D eigenvalue weighted by Crippen LogP contribution is -2.32. The van der Waals surface area contributed by atoms with Crippen LogP contribution in [0.3, 0.4) is 0 Å². The third-order valence-corrected chi connectivity index (χ3v) is 6.52. The van der Waals surface area contributed by atoms with Gasteiger partial charge in [0.15, 0.2) is 18.1 Å². The first kappa shape index (κ1) is 29.9. The average molecular weight is 636 g/mol. The van der Waals surface area contributed by atoms with Crippen molar-refractivity contribution in [2.75, 3.05) is 23.8 Å². The fraction of sp³-hybridized carbons (Fsp3) is 0.185. The Morgan fingerprint density at radius 3 is 2.41 bits per heavy atom. The van der Waals surface area contributed by atoms with E-state index in [1.54, 1.807) is 31.2 Å². The van der Waals surface area contributed by atoms with Gasteiger partial charge >= 0.3 is 11.8 Å². The first-order valence-corrected chi connectivity index (χ1v) is 13.3. The van der Waals surface area contributed by atoms with Crippen LogP contribution in [0.15, 0.2) is 64.2 Å². The van der Waals surface area contributed by atoms with Crippen molar-refractivity contribution in [2.45, 2.75) is 20.3 Å². The number of nitrogens with one attached hydrogen (secondary N) is 3. The lowest BCUT2D eigenvalue weighted by atomic mass is 10.1. The molecule has 0 saturated carbocycles. The highest BCUT2D eigenvalue weighted by molar-refractivity contribution is 9.10. The quantitative estimate of drug-likeness (QED) is 0.147. The van der Waals surface area contributed by atoms with E-state index in [9.17, 15) is 14.4 Å². The molecular formula is C27H25BrCl2N4O5. The summed E-state index contributed by atoms with van der Waals surface area (Å²) in [6, 6.07) is 15.5. The molecule has 0 aliphatic heterocycles. The Kier molecular flexibility index (Phi) is 11.2. The molecule has 0 bridgehead atoms. The number of anilines is 2. The molecule has 3 aromatic carbocycles. The van der Waals surface area contributed by atoms with Gasteiger partial charge in [-0.3, -0.25) is 14.4 Å². The van der Waals surface area contributed by atoms with E-state index in [2.05, 4.69) is 44.0 Å². The molecule has 0 aliphatic carbocycles. The van der Waals surface area contributed by atoms with Crippen LogP contribution in [-0.2, 0) is 20.8 Å². The number of amides is 3. The maximum absolute atomic E-state index is 12.4. The van der Waals surface area contributed by atoms with Crippen molar-refractivity contribution >= 4 is 74.4 Å². The Morgan fingerprint density at radius 2 is 1.72 bits per heavy atom. The van der Waals surface area contributed by atoms with Crippen molar-refractivity contribution in [1.29, 1.82) is 0 Å². The van der Waals surface area contributed by atoms with E-state index in [1.165, 1.54) is 17.8 Å². The fourth-order valence-electron chi connectivity index (χ4n) is 3.22. The number of hydrogen-bond acceptors (Lipinski definition) is 6. The predicted octanol–water partition coefficient (Wildman–Crippen LogP) is 5.82. The summed E-state index contributed by atoms with van der Waals surface area (Å²) in [4.78, 5) is 36.7. The van der Waals surface area contributed by atoms with Crippen molar-refractivity contribution in [3.05, 3.63) is 80.2 Å². The van der Waals surface area contributed by atoms with Crippen LogP contribution in [-0.4, -0.2) is 37.1 Å². The molecule has 9 nitrogen and oxygen atoms in total. The number of ether oxygens (including phenoxy) is 2. The molecule has 0 aliphatic rings. The largest absolute Gasteiger partial charge is 0.490 e. The lowest BCUT2D eigenvalue weighted by molar-refractivity contribution is -0.136. The summed E-state index contributed by atoms with van der Waals surface area (Å²) in [5, 5.41) is 9.33. The van der Waals surface area contributed by atoms with E-state index < -0.39 is 11.8 Å². The van der Waals surface area contributed by atoms with Gasteiger partial charge < -0.3 is 20.1 Å². The highest BCUT2D eigenvalue weighted by Gasteiger charge is 2.16. The minimum absolute atomic E-state index is 0.113. The van der Waals surface area contributed by atoms with Gasteiger partial charge in [-0.2, -0.15) is 5.10 Å². The molecule has 0 heterocycles. The Morgan fingerprint density at radius 1 is 0.974 bits per heavy atom. The van der Waals surface area contributed by atoms with Crippen LogP contribution >= 0.6 is 39.1 Å². The molecule has 204 valence electrons. The second-order valence-electron chi connectivity index (χ2n) is 7.90. The maximum atomic E-state index is 12.4.